The third kappa shape index (κ3) is 4.92. The van der Waals surface area contributed by atoms with Crippen molar-refractivity contribution >= 4 is 17.7 Å². The predicted molar refractivity (Wildman–Crippen MR) is 99.2 cm³/mol. The molecule has 0 aliphatic heterocycles. The van der Waals surface area contributed by atoms with Crippen LogP contribution >= 0.6 is 0 Å². The van der Waals surface area contributed by atoms with Gasteiger partial charge in [0.1, 0.15) is 6.04 Å². The Kier molecular flexibility index (Phi) is 6.49. The zero-order valence-electron chi connectivity index (χ0n) is 14.9. The second-order valence-corrected chi connectivity index (χ2v) is 6.00. The van der Waals surface area contributed by atoms with Crippen LogP contribution in [0.15, 0.2) is 48.5 Å². The van der Waals surface area contributed by atoms with Crippen LogP contribution in [0.3, 0.4) is 0 Å². The van der Waals surface area contributed by atoms with Gasteiger partial charge in [-0.3, -0.25) is 14.4 Å². The van der Waals surface area contributed by atoms with E-state index >= 15 is 0 Å². The van der Waals surface area contributed by atoms with E-state index in [9.17, 15) is 14.4 Å². The number of hydrogen-bond donors (Lipinski definition) is 3. The lowest BCUT2D eigenvalue weighted by atomic mass is 10.0. The molecule has 136 valence electrons. The number of nitrogens with two attached hydrogens (primary N) is 1. The largest absolute Gasteiger partial charge is 0.366 e. The van der Waals surface area contributed by atoms with E-state index in [1.165, 1.54) is 0 Å². The fourth-order valence-electron chi connectivity index (χ4n) is 2.61. The van der Waals surface area contributed by atoms with Gasteiger partial charge in [-0.25, -0.2) is 0 Å². The van der Waals surface area contributed by atoms with Crippen LogP contribution in [0.25, 0.3) is 0 Å². The van der Waals surface area contributed by atoms with Gasteiger partial charge in [0, 0.05) is 18.5 Å². The van der Waals surface area contributed by atoms with Crippen LogP contribution in [0.2, 0.25) is 0 Å². The van der Waals surface area contributed by atoms with Gasteiger partial charge in [-0.2, -0.15) is 0 Å². The fraction of sp³-hybridized carbons (Fsp3) is 0.250. The minimum absolute atomic E-state index is 0.198. The summed E-state index contributed by atoms with van der Waals surface area (Å²) in [4.78, 5) is 35.7. The highest BCUT2D eigenvalue weighted by atomic mass is 16.2. The lowest BCUT2D eigenvalue weighted by Gasteiger charge is -2.19. The van der Waals surface area contributed by atoms with Crippen LogP contribution in [0.4, 0.5) is 0 Å². The number of amides is 3. The van der Waals surface area contributed by atoms with Gasteiger partial charge in [-0.15, -0.1) is 0 Å². The van der Waals surface area contributed by atoms with Crippen molar-refractivity contribution in [1.82, 2.24) is 10.6 Å². The van der Waals surface area contributed by atoms with Gasteiger partial charge in [-0.1, -0.05) is 49.4 Å². The third-order valence-corrected chi connectivity index (χ3v) is 4.04. The Morgan fingerprint density at radius 1 is 1.08 bits per heavy atom. The summed E-state index contributed by atoms with van der Waals surface area (Å²) in [6, 6.07) is 13.5. The first kappa shape index (κ1) is 19.2. The normalized spacial score (nSPS) is 11.5. The second-order valence-electron chi connectivity index (χ2n) is 6.00. The maximum atomic E-state index is 12.6. The maximum Gasteiger partial charge on any atom is 0.248 e. The highest BCUT2D eigenvalue weighted by Gasteiger charge is 2.21. The molecule has 0 bridgehead atoms. The van der Waals surface area contributed by atoms with E-state index in [0.717, 1.165) is 11.1 Å². The first-order valence-electron chi connectivity index (χ1n) is 8.43. The highest BCUT2D eigenvalue weighted by Crippen LogP contribution is 2.14. The second kappa shape index (κ2) is 8.80. The third-order valence-electron chi connectivity index (χ3n) is 4.04. The lowest BCUT2D eigenvalue weighted by Crippen LogP contribution is -2.39. The van der Waals surface area contributed by atoms with Crippen LogP contribution in [0.5, 0.6) is 0 Å². The van der Waals surface area contributed by atoms with Gasteiger partial charge >= 0.3 is 0 Å². The zero-order chi connectivity index (χ0) is 19.1. The summed E-state index contributed by atoms with van der Waals surface area (Å²) >= 11 is 0. The van der Waals surface area contributed by atoms with Gasteiger partial charge in [-0.05, 0) is 29.7 Å². The average molecular weight is 353 g/mol. The minimum Gasteiger partial charge on any atom is -0.366 e. The van der Waals surface area contributed by atoms with Crippen molar-refractivity contribution in [1.29, 1.82) is 0 Å². The number of carbonyl (C=O) groups is 3. The molecule has 6 heteroatoms. The summed E-state index contributed by atoms with van der Waals surface area (Å²) in [5.74, 6) is -0.977. The van der Waals surface area contributed by atoms with E-state index in [1.54, 1.807) is 38.1 Å². The van der Waals surface area contributed by atoms with E-state index < -0.39 is 11.9 Å². The summed E-state index contributed by atoms with van der Waals surface area (Å²) in [5.41, 5.74) is 8.07. The number of nitrogens with one attached hydrogen (secondary N) is 2. The molecule has 1 unspecified atom stereocenters. The zero-order valence-corrected chi connectivity index (χ0v) is 14.9. The van der Waals surface area contributed by atoms with Crippen LogP contribution in [-0.4, -0.2) is 17.7 Å². The van der Waals surface area contributed by atoms with Crippen LogP contribution in [0, 0.1) is 6.92 Å². The molecule has 0 saturated carbocycles. The first-order chi connectivity index (χ1) is 12.4. The van der Waals surface area contributed by atoms with Crippen LogP contribution < -0.4 is 16.4 Å². The highest BCUT2D eigenvalue weighted by molar-refractivity contribution is 5.94. The molecule has 3 amide bonds. The average Bonchev–Trinajstić information content (AvgIpc) is 2.64. The van der Waals surface area contributed by atoms with Crippen molar-refractivity contribution in [3.63, 3.8) is 0 Å². The molecule has 0 spiro atoms. The maximum absolute atomic E-state index is 12.6. The number of primary amides is 1. The van der Waals surface area contributed by atoms with Crippen molar-refractivity contribution in [2.45, 2.75) is 32.9 Å². The Balaban J connectivity index is 2.11. The Morgan fingerprint density at radius 3 is 2.35 bits per heavy atom. The molecule has 2 aromatic rings. The van der Waals surface area contributed by atoms with Crippen molar-refractivity contribution in [3.8, 4) is 0 Å². The lowest BCUT2D eigenvalue weighted by molar-refractivity contribution is -0.129. The minimum atomic E-state index is -0.755. The Bertz CT molecular complexity index is 803. The van der Waals surface area contributed by atoms with E-state index in [0.29, 0.717) is 17.5 Å². The van der Waals surface area contributed by atoms with Gasteiger partial charge in [0.15, 0.2) is 0 Å². The number of benzene rings is 2. The molecule has 0 aliphatic carbocycles. The SMILES string of the molecule is CCC(=O)NC(C(=O)NCc1ccc(C(N)=O)c(C)c1)c1ccccc1. The van der Waals surface area contributed by atoms with E-state index in [4.69, 9.17) is 5.73 Å². The number of hydrogen-bond acceptors (Lipinski definition) is 3. The molecule has 2 aromatic carbocycles. The molecular weight excluding hydrogens is 330 g/mol. The number of aryl methyl sites for hydroxylation is 1. The molecule has 0 saturated heterocycles. The van der Waals surface area contributed by atoms with E-state index in [1.807, 2.05) is 24.3 Å². The van der Waals surface area contributed by atoms with Crippen molar-refractivity contribution in [2.75, 3.05) is 0 Å². The predicted octanol–water partition coefficient (Wildman–Crippen LogP) is 1.98. The molecule has 0 radical (unpaired) electrons. The molecule has 0 aliphatic rings. The van der Waals surface area contributed by atoms with E-state index in [2.05, 4.69) is 10.6 Å². The molecule has 26 heavy (non-hydrogen) atoms. The summed E-state index contributed by atoms with van der Waals surface area (Å²) in [7, 11) is 0. The summed E-state index contributed by atoms with van der Waals surface area (Å²) in [5, 5.41) is 5.58. The number of rotatable bonds is 7. The summed E-state index contributed by atoms with van der Waals surface area (Å²) in [6.07, 6.45) is 0.296. The van der Waals surface area contributed by atoms with Crippen LogP contribution in [0.1, 0.15) is 46.4 Å². The molecular formula is C20H23N3O3. The quantitative estimate of drug-likeness (QED) is 0.709. The molecule has 6 nitrogen and oxygen atoms in total. The Labute approximate surface area is 152 Å². The van der Waals surface area contributed by atoms with Crippen LogP contribution in [-0.2, 0) is 16.1 Å². The van der Waals surface area contributed by atoms with Gasteiger partial charge in [0.05, 0.1) is 0 Å². The van der Waals surface area contributed by atoms with Crippen molar-refractivity contribution < 1.29 is 14.4 Å². The van der Waals surface area contributed by atoms with E-state index in [-0.39, 0.29) is 18.4 Å². The first-order valence-corrected chi connectivity index (χ1v) is 8.43. The Hall–Kier alpha value is -3.15. The smallest absolute Gasteiger partial charge is 0.248 e. The van der Waals surface area contributed by atoms with Gasteiger partial charge in [0.25, 0.3) is 0 Å². The molecule has 1 atom stereocenters. The molecule has 4 N–H and O–H groups in total. The molecule has 2 rings (SSSR count). The standard InChI is InChI=1S/C20H23N3O3/c1-3-17(24)23-18(15-7-5-4-6-8-15)20(26)22-12-14-9-10-16(19(21)25)13(2)11-14/h4-11,18H,3,12H2,1-2H3,(H2,21,25)(H,22,26)(H,23,24). The summed E-state index contributed by atoms with van der Waals surface area (Å²) in [6.45, 7) is 3.81. The number of carbonyl (C=O) groups excluding carboxylic acids is 3. The van der Waals surface area contributed by atoms with Crippen molar-refractivity contribution in [3.05, 3.63) is 70.8 Å². The van der Waals surface area contributed by atoms with Gasteiger partial charge in [0.2, 0.25) is 17.7 Å². The fourth-order valence-corrected chi connectivity index (χ4v) is 2.61. The monoisotopic (exact) mass is 353 g/mol. The Morgan fingerprint density at radius 2 is 1.77 bits per heavy atom. The molecule has 0 fully saturated rings. The van der Waals surface area contributed by atoms with Gasteiger partial charge < -0.3 is 16.4 Å². The summed E-state index contributed by atoms with van der Waals surface area (Å²) < 4.78 is 0. The van der Waals surface area contributed by atoms with Crippen molar-refractivity contribution in [2.24, 2.45) is 5.73 Å². The topological polar surface area (TPSA) is 101 Å². The molecule has 0 aromatic heterocycles. The molecule has 0 heterocycles.